The van der Waals surface area contributed by atoms with Crippen LogP contribution in [0.25, 0.3) is 0 Å². The number of benzene rings is 1. The van der Waals surface area contributed by atoms with E-state index in [9.17, 15) is 4.79 Å². The molecule has 0 aromatic heterocycles. The van der Waals surface area contributed by atoms with Gasteiger partial charge in [-0.05, 0) is 18.6 Å². The largest absolute Gasteiger partial charge is 0.496 e. The molecular formula is C15H20N2O2. The highest BCUT2D eigenvalue weighted by molar-refractivity contribution is 5.78. The Morgan fingerprint density at radius 1 is 1.53 bits per heavy atom. The highest BCUT2D eigenvalue weighted by Gasteiger charge is 2.12. The summed E-state index contributed by atoms with van der Waals surface area (Å²) in [6, 6.07) is 7.27. The number of hydrogen-bond donors (Lipinski definition) is 1. The molecule has 0 aliphatic carbocycles. The van der Waals surface area contributed by atoms with Crippen LogP contribution in [0.4, 0.5) is 0 Å². The van der Waals surface area contributed by atoms with Gasteiger partial charge in [0.2, 0.25) is 5.91 Å². The standard InChI is InChI=1S/C15H20N2O2/c1-4-5-11(2)15(18)17-10-13-7-6-12(9-16)8-14(13)19-3/h6-8,11H,4-5,10H2,1-3H3,(H,17,18). The fourth-order valence-electron chi connectivity index (χ4n) is 1.88. The van der Waals surface area contributed by atoms with Gasteiger partial charge in [-0.25, -0.2) is 0 Å². The maximum atomic E-state index is 11.8. The minimum Gasteiger partial charge on any atom is -0.496 e. The lowest BCUT2D eigenvalue weighted by Crippen LogP contribution is -2.28. The highest BCUT2D eigenvalue weighted by atomic mass is 16.5. The van der Waals surface area contributed by atoms with E-state index in [1.807, 2.05) is 13.0 Å². The number of carbonyl (C=O) groups is 1. The third-order valence-electron chi connectivity index (χ3n) is 3.04. The van der Waals surface area contributed by atoms with Gasteiger partial charge in [0.1, 0.15) is 5.75 Å². The molecule has 1 aromatic carbocycles. The molecule has 0 bridgehead atoms. The van der Waals surface area contributed by atoms with E-state index in [1.54, 1.807) is 19.2 Å². The molecule has 0 heterocycles. The molecule has 0 saturated heterocycles. The van der Waals surface area contributed by atoms with E-state index in [-0.39, 0.29) is 11.8 Å². The Balaban J connectivity index is 2.68. The first-order chi connectivity index (χ1) is 9.12. The zero-order valence-electron chi connectivity index (χ0n) is 11.7. The van der Waals surface area contributed by atoms with Crippen molar-refractivity contribution in [2.24, 2.45) is 5.92 Å². The van der Waals surface area contributed by atoms with Crippen LogP contribution in [0.5, 0.6) is 5.75 Å². The van der Waals surface area contributed by atoms with E-state index < -0.39 is 0 Å². The predicted molar refractivity (Wildman–Crippen MR) is 73.6 cm³/mol. The Bertz CT molecular complexity index is 478. The van der Waals surface area contributed by atoms with Crippen molar-refractivity contribution in [3.05, 3.63) is 29.3 Å². The van der Waals surface area contributed by atoms with Crippen LogP contribution in [0.15, 0.2) is 18.2 Å². The predicted octanol–water partition coefficient (Wildman–Crippen LogP) is 2.62. The second kappa shape index (κ2) is 7.42. The van der Waals surface area contributed by atoms with Gasteiger partial charge in [0.05, 0.1) is 18.7 Å². The summed E-state index contributed by atoms with van der Waals surface area (Å²) < 4.78 is 5.23. The Labute approximate surface area is 114 Å². The van der Waals surface area contributed by atoms with Crippen molar-refractivity contribution in [2.45, 2.75) is 33.2 Å². The van der Waals surface area contributed by atoms with Crippen molar-refractivity contribution >= 4 is 5.91 Å². The minimum atomic E-state index is 0.0226. The van der Waals surface area contributed by atoms with E-state index in [2.05, 4.69) is 18.3 Å². The molecule has 0 spiro atoms. The van der Waals surface area contributed by atoms with Crippen LogP contribution < -0.4 is 10.1 Å². The zero-order chi connectivity index (χ0) is 14.3. The van der Waals surface area contributed by atoms with Gasteiger partial charge >= 0.3 is 0 Å². The number of carbonyl (C=O) groups excluding carboxylic acids is 1. The second-order valence-corrected chi connectivity index (χ2v) is 4.55. The number of hydrogen-bond acceptors (Lipinski definition) is 3. The van der Waals surface area contributed by atoms with Crippen molar-refractivity contribution in [1.29, 1.82) is 5.26 Å². The summed E-state index contributed by atoms with van der Waals surface area (Å²) in [5.74, 6) is 0.699. The number of nitrogens with one attached hydrogen (secondary N) is 1. The van der Waals surface area contributed by atoms with Gasteiger partial charge in [0.15, 0.2) is 0 Å². The maximum Gasteiger partial charge on any atom is 0.223 e. The van der Waals surface area contributed by atoms with E-state index >= 15 is 0 Å². The molecule has 4 heteroatoms. The number of nitrogens with zero attached hydrogens (tertiary/aromatic N) is 1. The Kier molecular flexibility index (Phi) is 5.87. The van der Waals surface area contributed by atoms with Crippen LogP contribution in [0.2, 0.25) is 0 Å². The molecule has 1 atom stereocenters. The number of nitriles is 1. The van der Waals surface area contributed by atoms with Crippen molar-refractivity contribution in [3.63, 3.8) is 0 Å². The topological polar surface area (TPSA) is 62.1 Å². The fourth-order valence-corrected chi connectivity index (χ4v) is 1.88. The molecule has 102 valence electrons. The Morgan fingerprint density at radius 3 is 2.84 bits per heavy atom. The van der Waals surface area contributed by atoms with Crippen molar-refractivity contribution in [3.8, 4) is 11.8 Å². The lowest BCUT2D eigenvalue weighted by molar-refractivity contribution is -0.124. The van der Waals surface area contributed by atoms with Gasteiger partial charge in [0.25, 0.3) is 0 Å². The summed E-state index contributed by atoms with van der Waals surface area (Å²) in [4.78, 5) is 11.8. The van der Waals surface area contributed by atoms with E-state index in [0.717, 1.165) is 18.4 Å². The second-order valence-electron chi connectivity index (χ2n) is 4.55. The Morgan fingerprint density at radius 2 is 2.26 bits per heavy atom. The number of rotatable bonds is 6. The molecule has 19 heavy (non-hydrogen) atoms. The summed E-state index contributed by atoms with van der Waals surface area (Å²) in [7, 11) is 1.56. The molecule has 1 rings (SSSR count). The zero-order valence-corrected chi connectivity index (χ0v) is 11.7. The molecule has 0 fully saturated rings. The summed E-state index contributed by atoms with van der Waals surface area (Å²) in [5.41, 5.74) is 1.42. The summed E-state index contributed by atoms with van der Waals surface area (Å²) in [5, 5.41) is 11.7. The van der Waals surface area contributed by atoms with Gasteiger partial charge in [-0.1, -0.05) is 26.3 Å². The third kappa shape index (κ3) is 4.29. The number of amides is 1. The third-order valence-corrected chi connectivity index (χ3v) is 3.04. The van der Waals surface area contributed by atoms with Gasteiger partial charge in [0, 0.05) is 18.0 Å². The minimum absolute atomic E-state index is 0.0226. The van der Waals surface area contributed by atoms with Gasteiger partial charge in [-0.3, -0.25) is 4.79 Å². The molecule has 1 unspecified atom stereocenters. The average molecular weight is 260 g/mol. The van der Waals surface area contributed by atoms with Crippen LogP contribution >= 0.6 is 0 Å². The molecule has 1 N–H and O–H groups in total. The smallest absolute Gasteiger partial charge is 0.223 e. The van der Waals surface area contributed by atoms with Crippen molar-refractivity contribution < 1.29 is 9.53 Å². The normalized spacial score (nSPS) is 11.5. The molecule has 4 nitrogen and oxygen atoms in total. The van der Waals surface area contributed by atoms with E-state index in [4.69, 9.17) is 10.00 Å². The molecule has 0 aliphatic heterocycles. The maximum absolute atomic E-state index is 11.8. The molecule has 1 amide bonds. The Hall–Kier alpha value is -2.02. The quantitative estimate of drug-likeness (QED) is 0.855. The van der Waals surface area contributed by atoms with Crippen LogP contribution in [0.3, 0.4) is 0 Å². The summed E-state index contributed by atoms with van der Waals surface area (Å²) >= 11 is 0. The van der Waals surface area contributed by atoms with Gasteiger partial charge < -0.3 is 10.1 Å². The van der Waals surface area contributed by atoms with E-state index in [0.29, 0.717) is 17.9 Å². The van der Waals surface area contributed by atoms with Crippen molar-refractivity contribution in [1.82, 2.24) is 5.32 Å². The van der Waals surface area contributed by atoms with Crippen molar-refractivity contribution in [2.75, 3.05) is 7.11 Å². The van der Waals surface area contributed by atoms with Gasteiger partial charge in [-0.2, -0.15) is 5.26 Å². The first-order valence-corrected chi connectivity index (χ1v) is 6.47. The lowest BCUT2D eigenvalue weighted by Gasteiger charge is -2.13. The molecular weight excluding hydrogens is 240 g/mol. The molecule has 0 aliphatic rings. The van der Waals surface area contributed by atoms with Crippen LogP contribution in [-0.4, -0.2) is 13.0 Å². The SMILES string of the molecule is CCCC(C)C(=O)NCc1ccc(C#N)cc1OC. The lowest BCUT2D eigenvalue weighted by atomic mass is 10.1. The summed E-state index contributed by atoms with van der Waals surface area (Å²) in [6.07, 6.45) is 1.88. The van der Waals surface area contributed by atoms with E-state index in [1.165, 1.54) is 0 Å². The monoisotopic (exact) mass is 260 g/mol. The number of methoxy groups -OCH3 is 1. The summed E-state index contributed by atoms with van der Waals surface area (Å²) in [6.45, 7) is 4.41. The van der Waals surface area contributed by atoms with Crippen LogP contribution in [-0.2, 0) is 11.3 Å². The highest BCUT2D eigenvalue weighted by Crippen LogP contribution is 2.20. The molecule has 0 radical (unpaired) electrons. The van der Waals surface area contributed by atoms with Crippen LogP contribution in [0, 0.1) is 17.2 Å². The number of ether oxygens (including phenoxy) is 1. The first-order valence-electron chi connectivity index (χ1n) is 6.47. The van der Waals surface area contributed by atoms with Gasteiger partial charge in [-0.15, -0.1) is 0 Å². The molecule has 0 saturated carbocycles. The molecule has 1 aromatic rings. The van der Waals surface area contributed by atoms with Crippen LogP contribution in [0.1, 0.15) is 37.8 Å². The first kappa shape index (κ1) is 15.0. The average Bonchev–Trinajstić information content (AvgIpc) is 2.44. The fraction of sp³-hybridized carbons (Fsp3) is 0.467.